The SMILES string of the molecule is CC(NC(=O)CNC(=O)c1cccc(SC(F)(F)F)c1)C(N)=O. The molecule has 1 aromatic carbocycles. The van der Waals surface area contributed by atoms with Crippen molar-refractivity contribution >= 4 is 29.5 Å². The van der Waals surface area contributed by atoms with Gasteiger partial charge in [0.25, 0.3) is 5.91 Å². The van der Waals surface area contributed by atoms with Gasteiger partial charge in [-0.15, -0.1) is 0 Å². The molecular weight excluding hydrogens is 335 g/mol. The van der Waals surface area contributed by atoms with Crippen LogP contribution in [0.3, 0.4) is 0 Å². The molecule has 6 nitrogen and oxygen atoms in total. The summed E-state index contributed by atoms with van der Waals surface area (Å²) in [5.41, 5.74) is 0.486. The second kappa shape index (κ2) is 7.86. The lowest BCUT2D eigenvalue weighted by atomic mass is 10.2. The first-order chi connectivity index (χ1) is 10.6. The van der Waals surface area contributed by atoms with Crippen LogP contribution in [0.2, 0.25) is 0 Å². The second-order valence-electron chi connectivity index (χ2n) is 4.45. The standard InChI is InChI=1S/C13H14F3N3O3S/c1-7(11(17)21)19-10(20)6-18-12(22)8-3-2-4-9(5-8)23-13(14,15)16/h2-5,7H,6H2,1H3,(H2,17,21)(H,18,22)(H,19,20). The fourth-order valence-electron chi connectivity index (χ4n) is 1.46. The third-order valence-corrected chi connectivity index (χ3v) is 3.26. The summed E-state index contributed by atoms with van der Waals surface area (Å²) in [6.07, 6.45) is 0. The van der Waals surface area contributed by atoms with Gasteiger partial charge >= 0.3 is 5.51 Å². The van der Waals surface area contributed by atoms with Gasteiger partial charge in [0.05, 0.1) is 6.54 Å². The van der Waals surface area contributed by atoms with Crippen molar-refractivity contribution < 1.29 is 27.6 Å². The molecule has 1 aromatic rings. The maximum absolute atomic E-state index is 12.3. The van der Waals surface area contributed by atoms with E-state index in [4.69, 9.17) is 5.73 Å². The number of benzene rings is 1. The number of rotatable bonds is 6. The lowest BCUT2D eigenvalue weighted by Crippen LogP contribution is -2.46. The molecule has 0 bridgehead atoms. The molecule has 0 saturated carbocycles. The van der Waals surface area contributed by atoms with Crippen LogP contribution in [0.4, 0.5) is 13.2 Å². The third kappa shape index (κ3) is 7.04. The summed E-state index contributed by atoms with van der Waals surface area (Å²) in [4.78, 5) is 33.9. The highest BCUT2D eigenvalue weighted by Gasteiger charge is 2.29. The minimum atomic E-state index is -4.46. The molecule has 0 heterocycles. The average molecular weight is 349 g/mol. The van der Waals surface area contributed by atoms with Crippen LogP contribution in [0.25, 0.3) is 0 Å². The molecule has 126 valence electrons. The molecule has 0 radical (unpaired) electrons. The van der Waals surface area contributed by atoms with Crippen LogP contribution in [-0.4, -0.2) is 35.8 Å². The Labute approximate surface area is 134 Å². The second-order valence-corrected chi connectivity index (χ2v) is 5.59. The number of nitrogens with two attached hydrogens (primary N) is 1. The van der Waals surface area contributed by atoms with Gasteiger partial charge in [-0.3, -0.25) is 14.4 Å². The zero-order chi connectivity index (χ0) is 17.6. The molecule has 4 N–H and O–H groups in total. The van der Waals surface area contributed by atoms with Gasteiger partial charge in [-0.05, 0) is 36.9 Å². The number of thioether (sulfide) groups is 1. The lowest BCUT2D eigenvalue weighted by molar-refractivity contribution is -0.126. The highest BCUT2D eigenvalue weighted by molar-refractivity contribution is 8.00. The number of halogens is 3. The van der Waals surface area contributed by atoms with Crippen molar-refractivity contribution in [3.63, 3.8) is 0 Å². The van der Waals surface area contributed by atoms with E-state index >= 15 is 0 Å². The Morgan fingerprint density at radius 2 is 1.96 bits per heavy atom. The van der Waals surface area contributed by atoms with E-state index in [0.29, 0.717) is 0 Å². The van der Waals surface area contributed by atoms with Crippen molar-refractivity contribution in [2.75, 3.05) is 6.54 Å². The summed E-state index contributed by atoms with van der Waals surface area (Å²) < 4.78 is 36.9. The van der Waals surface area contributed by atoms with Crippen LogP contribution < -0.4 is 16.4 Å². The Morgan fingerprint density at radius 3 is 2.52 bits per heavy atom. The highest BCUT2D eigenvalue weighted by Crippen LogP contribution is 2.36. The first-order valence-electron chi connectivity index (χ1n) is 6.31. The van der Waals surface area contributed by atoms with E-state index in [1.54, 1.807) is 0 Å². The molecule has 0 aliphatic heterocycles. The average Bonchev–Trinajstić information content (AvgIpc) is 2.43. The smallest absolute Gasteiger partial charge is 0.368 e. The van der Waals surface area contributed by atoms with Gasteiger partial charge in [0.15, 0.2) is 0 Å². The molecule has 1 atom stereocenters. The molecule has 0 aliphatic rings. The zero-order valence-corrected chi connectivity index (χ0v) is 12.8. The van der Waals surface area contributed by atoms with Crippen molar-refractivity contribution in [2.24, 2.45) is 5.73 Å². The molecular formula is C13H14F3N3O3S. The van der Waals surface area contributed by atoms with E-state index in [2.05, 4.69) is 10.6 Å². The summed E-state index contributed by atoms with van der Waals surface area (Å²) in [6, 6.07) is 4.01. The minimum Gasteiger partial charge on any atom is -0.368 e. The first kappa shape index (κ1) is 18.8. The van der Waals surface area contributed by atoms with Gasteiger partial charge in [-0.2, -0.15) is 13.2 Å². The molecule has 1 rings (SSSR count). The molecule has 0 aromatic heterocycles. The molecule has 0 fully saturated rings. The number of carbonyl (C=O) groups is 3. The monoisotopic (exact) mass is 349 g/mol. The summed E-state index contributed by atoms with van der Waals surface area (Å²) in [6.45, 7) is 0.937. The quantitative estimate of drug-likeness (QED) is 0.668. The lowest BCUT2D eigenvalue weighted by Gasteiger charge is -2.11. The van der Waals surface area contributed by atoms with Gasteiger partial charge in [0, 0.05) is 10.5 Å². The summed E-state index contributed by atoms with van der Waals surface area (Å²) >= 11 is -0.342. The minimum absolute atomic E-state index is 0.0185. The van der Waals surface area contributed by atoms with E-state index in [9.17, 15) is 27.6 Å². The van der Waals surface area contributed by atoms with Gasteiger partial charge in [-0.1, -0.05) is 6.07 Å². The molecule has 23 heavy (non-hydrogen) atoms. The Morgan fingerprint density at radius 1 is 1.30 bits per heavy atom. The number of carbonyl (C=O) groups excluding carboxylic acids is 3. The molecule has 1 unspecified atom stereocenters. The number of nitrogens with one attached hydrogen (secondary N) is 2. The van der Waals surface area contributed by atoms with Crippen LogP contribution in [-0.2, 0) is 9.59 Å². The largest absolute Gasteiger partial charge is 0.446 e. The van der Waals surface area contributed by atoms with Crippen molar-refractivity contribution in [3.8, 4) is 0 Å². The summed E-state index contributed by atoms with van der Waals surface area (Å²) in [7, 11) is 0. The molecule has 0 spiro atoms. The number of primary amides is 1. The van der Waals surface area contributed by atoms with Gasteiger partial charge in [0.2, 0.25) is 11.8 Å². The summed E-state index contributed by atoms with van der Waals surface area (Å²) in [5.74, 6) is -2.09. The fourth-order valence-corrected chi connectivity index (χ4v) is 2.06. The maximum Gasteiger partial charge on any atom is 0.446 e. The highest BCUT2D eigenvalue weighted by atomic mass is 32.2. The van der Waals surface area contributed by atoms with Crippen molar-refractivity contribution in [1.82, 2.24) is 10.6 Å². The Hall–Kier alpha value is -2.23. The Bertz CT molecular complexity index is 608. The van der Waals surface area contributed by atoms with Gasteiger partial charge < -0.3 is 16.4 Å². The zero-order valence-electron chi connectivity index (χ0n) is 11.9. The van der Waals surface area contributed by atoms with Crippen LogP contribution in [0.5, 0.6) is 0 Å². The molecule has 3 amide bonds. The van der Waals surface area contributed by atoms with Crippen LogP contribution in [0.1, 0.15) is 17.3 Å². The normalized spacial score (nSPS) is 12.3. The van der Waals surface area contributed by atoms with Crippen LogP contribution >= 0.6 is 11.8 Å². The van der Waals surface area contributed by atoms with E-state index in [0.717, 1.165) is 6.07 Å². The number of hydrogen-bond acceptors (Lipinski definition) is 4. The molecule has 0 aliphatic carbocycles. The van der Waals surface area contributed by atoms with E-state index in [1.165, 1.54) is 25.1 Å². The van der Waals surface area contributed by atoms with E-state index in [-0.39, 0.29) is 22.2 Å². The van der Waals surface area contributed by atoms with E-state index < -0.39 is 35.8 Å². The molecule has 10 heteroatoms. The number of alkyl halides is 3. The van der Waals surface area contributed by atoms with Gasteiger partial charge in [-0.25, -0.2) is 0 Å². The Balaban J connectivity index is 2.60. The topological polar surface area (TPSA) is 101 Å². The van der Waals surface area contributed by atoms with Crippen molar-refractivity contribution in [3.05, 3.63) is 29.8 Å². The number of amides is 3. The Kier molecular flexibility index (Phi) is 6.43. The van der Waals surface area contributed by atoms with E-state index in [1.807, 2.05) is 0 Å². The van der Waals surface area contributed by atoms with Crippen molar-refractivity contribution in [1.29, 1.82) is 0 Å². The predicted molar refractivity (Wildman–Crippen MR) is 77.5 cm³/mol. The fraction of sp³-hybridized carbons (Fsp3) is 0.308. The first-order valence-corrected chi connectivity index (χ1v) is 7.13. The predicted octanol–water partition coefficient (Wildman–Crippen LogP) is 1.02. The van der Waals surface area contributed by atoms with Crippen molar-refractivity contribution in [2.45, 2.75) is 23.4 Å². The summed E-state index contributed by atoms with van der Waals surface area (Å²) in [5, 5.41) is 4.49. The van der Waals surface area contributed by atoms with Crippen LogP contribution in [0.15, 0.2) is 29.2 Å². The van der Waals surface area contributed by atoms with Gasteiger partial charge in [0.1, 0.15) is 6.04 Å². The van der Waals surface area contributed by atoms with Crippen LogP contribution in [0, 0.1) is 0 Å². The third-order valence-electron chi connectivity index (χ3n) is 2.54. The maximum atomic E-state index is 12.3. The molecule has 0 saturated heterocycles. The number of hydrogen-bond donors (Lipinski definition) is 3.